The molecule has 3 N–H and O–H groups in total. The average Bonchev–Trinajstić information content (AvgIpc) is 2.94. The van der Waals surface area contributed by atoms with E-state index < -0.39 is 4.92 Å². The molecule has 1 atom stereocenters. The lowest BCUT2D eigenvalue weighted by atomic mass is 10.2. The van der Waals surface area contributed by atoms with Crippen LogP contribution in [0.1, 0.15) is 12.0 Å². The number of nitrogens with zero attached hydrogens (tertiary/aromatic N) is 4. The van der Waals surface area contributed by atoms with Gasteiger partial charge in [-0.25, -0.2) is 4.98 Å². The number of nitro groups is 1. The molecule has 0 bridgehead atoms. The molecule has 1 unspecified atom stereocenters. The van der Waals surface area contributed by atoms with Crippen LogP contribution in [-0.2, 0) is 4.74 Å². The fraction of sp³-hybridized carbons (Fsp3) is 0.455. The molecule has 1 aliphatic rings. The van der Waals surface area contributed by atoms with Gasteiger partial charge in [-0.2, -0.15) is 0 Å². The van der Waals surface area contributed by atoms with E-state index in [9.17, 15) is 10.1 Å². The summed E-state index contributed by atoms with van der Waals surface area (Å²) in [5.41, 5.74) is 5.60. The highest BCUT2D eigenvalue weighted by molar-refractivity contribution is 6.02. The SMILES string of the molecule is COC1CCN(c2ncc([N+](=O)[O-])cc2C(N)=NO)C1. The van der Waals surface area contributed by atoms with Crippen molar-refractivity contribution in [1.29, 1.82) is 0 Å². The van der Waals surface area contributed by atoms with Gasteiger partial charge >= 0.3 is 0 Å². The molecule has 0 spiro atoms. The van der Waals surface area contributed by atoms with E-state index in [1.807, 2.05) is 4.90 Å². The highest BCUT2D eigenvalue weighted by Gasteiger charge is 2.27. The lowest BCUT2D eigenvalue weighted by Gasteiger charge is -2.19. The second kappa shape index (κ2) is 5.70. The summed E-state index contributed by atoms with van der Waals surface area (Å²) in [4.78, 5) is 16.2. The Kier molecular flexibility index (Phi) is 3.99. The fourth-order valence-electron chi connectivity index (χ4n) is 2.15. The van der Waals surface area contributed by atoms with Crippen molar-refractivity contribution in [3.8, 4) is 0 Å². The number of ether oxygens (including phenoxy) is 1. The number of hydrogen-bond donors (Lipinski definition) is 2. The van der Waals surface area contributed by atoms with Crippen molar-refractivity contribution in [2.45, 2.75) is 12.5 Å². The minimum atomic E-state index is -0.577. The summed E-state index contributed by atoms with van der Waals surface area (Å²) in [5, 5.41) is 22.5. The van der Waals surface area contributed by atoms with Crippen LogP contribution in [0.25, 0.3) is 0 Å². The number of oxime groups is 1. The van der Waals surface area contributed by atoms with E-state index in [0.29, 0.717) is 18.9 Å². The Balaban J connectivity index is 2.40. The van der Waals surface area contributed by atoms with Crippen LogP contribution in [0.5, 0.6) is 0 Å². The minimum Gasteiger partial charge on any atom is -0.409 e. The van der Waals surface area contributed by atoms with Gasteiger partial charge in [-0.1, -0.05) is 5.16 Å². The van der Waals surface area contributed by atoms with Crippen LogP contribution in [0.3, 0.4) is 0 Å². The highest BCUT2D eigenvalue weighted by atomic mass is 16.6. The van der Waals surface area contributed by atoms with Gasteiger partial charge in [-0.3, -0.25) is 10.1 Å². The first-order valence-corrected chi connectivity index (χ1v) is 5.97. The number of anilines is 1. The number of amidine groups is 1. The van der Waals surface area contributed by atoms with E-state index in [2.05, 4.69) is 10.1 Å². The smallest absolute Gasteiger partial charge is 0.288 e. The van der Waals surface area contributed by atoms with E-state index in [-0.39, 0.29) is 23.2 Å². The molecule has 0 aromatic carbocycles. The lowest BCUT2D eigenvalue weighted by molar-refractivity contribution is -0.385. The first-order valence-electron chi connectivity index (χ1n) is 5.97. The summed E-state index contributed by atoms with van der Waals surface area (Å²) in [7, 11) is 1.63. The molecule has 9 heteroatoms. The third kappa shape index (κ3) is 2.62. The summed E-state index contributed by atoms with van der Waals surface area (Å²) in [6, 6.07) is 1.25. The average molecular weight is 281 g/mol. The molecular formula is C11H15N5O4. The monoisotopic (exact) mass is 281 g/mol. The zero-order valence-electron chi connectivity index (χ0n) is 10.9. The topological polar surface area (TPSA) is 127 Å². The zero-order valence-corrected chi connectivity index (χ0v) is 10.9. The Morgan fingerprint density at radius 2 is 2.50 bits per heavy atom. The maximum atomic E-state index is 10.8. The summed E-state index contributed by atoms with van der Waals surface area (Å²) in [6.07, 6.45) is 2.06. The maximum absolute atomic E-state index is 10.8. The second-order valence-electron chi connectivity index (χ2n) is 4.40. The van der Waals surface area contributed by atoms with Crippen LogP contribution in [0.4, 0.5) is 11.5 Å². The molecule has 0 aliphatic carbocycles. The zero-order chi connectivity index (χ0) is 14.7. The first-order chi connectivity index (χ1) is 9.56. The molecule has 1 fully saturated rings. The molecule has 0 amide bonds. The van der Waals surface area contributed by atoms with Crippen LogP contribution in [0.2, 0.25) is 0 Å². The van der Waals surface area contributed by atoms with Crippen LogP contribution >= 0.6 is 0 Å². The number of methoxy groups -OCH3 is 1. The van der Waals surface area contributed by atoms with E-state index >= 15 is 0 Å². The maximum Gasteiger partial charge on any atom is 0.288 e. The molecule has 9 nitrogen and oxygen atoms in total. The van der Waals surface area contributed by atoms with Gasteiger partial charge in [0, 0.05) is 26.3 Å². The number of nitrogens with two attached hydrogens (primary N) is 1. The van der Waals surface area contributed by atoms with Crippen molar-refractivity contribution in [3.05, 3.63) is 27.9 Å². The highest BCUT2D eigenvalue weighted by Crippen LogP contribution is 2.26. The van der Waals surface area contributed by atoms with Crippen LogP contribution in [0, 0.1) is 10.1 Å². The predicted molar refractivity (Wildman–Crippen MR) is 71.0 cm³/mol. The van der Waals surface area contributed by atoms with Gasteiger partial charge in [-0.15, -0.1) is 0 Å². The van der Waals surface area contributed by atoms with Crippen molar-refractivity contribution in [3.63, 3.8) is 0 Å². The van der Waals surface area contributed by atoms with Gasteiger partial charge in [0.1, 0.15) is 12.0 Å². The predicted octanol–water partition coefficient (Wildman–Crippen LogP) is 0.309. The van der Waals surface area contributed by atoms with Crippen molar-refractivity contribution in [2.75, 3.05) is 25.1 Å². The summed E-state index contributed by atoms with van der Waals surface area (Å²) < 4.78 is 5.26. The van der Waals surface area contributed by atoms with Gasteiger partial charge in [0.15, 0.2) is 5.84 Å². The Hall–Kier alpha value is -2.42. The number of aromatic nitrogens is 1. The van der Waals surface area contributed by atoms with E-state index in [1.165, 1.54) is 6.07 Å². The minimum absolute atomic E-state index is 0.0760. The van der Waals surface area contributed by atoms with Crippen molar-refractivity contribution < 1.29 is 14.9 Å². The van der Waals surface area contributed by atoms with Crippen molar-refractivity contribution >= 4 is 17.3 Å². The summed E-state index contributed by atoms with van der Waals surface area (Å²) in [5.74, 6) is 0.238. The Bertz CT molecular complexity index is 548. The molecule has 0 radical (unpaired) electrons. The normalized spacial score (nSPS) is 19.4. The molecule has 108 valence electrons. The Morgan fingerprint density at radius 1 is 1.75 bits per heavy atom. The van der Waals surface area contributed by atoms with E-state index in [4.69, 9.17) is 15.7 Å². The molecule has 1 aliphatic heterocycles. The van der Waals surface area contributed by atoms with Gasteiger partial charge in [0.05, 0.1) is 16.6 Å². The lowest BCUT2D eigenvalue weighted by Crippen LogP contribution is -2.27. The molecule has 0 saturated carbocycles. The van der Waals surface area contributed by atoms with E-state index in [0.717, 1.165) is 12.6 Å². The Morgan fingerprint density at radius 3 is 3.05 bits per heavy atom. The molecule has 2 rings (SSSR count). The standard InChI is InChI=1S/C11H15N5O4/c1-20-8-2-3-15(6-8)11-9(10(12)14-17)4-7(5-13-11)16(18)19/h4-5,8,17H,2-3,6H2,1H3,(H2,12,14). The largest absolute Gasteiger partial charge is 0.409 e. The Labute approximate surface area is 114 Å². The van der Waals surface area contributed by atoms with Crippen molar-refractivity contribution in [2.24, 2.45) is 10.9 Å². The number of pyridine rings is 1. The van der Waals surface area contributed by atoms with Crippen LogP contribution in [-0.4, -0.2) is 47.3 Å². The van der Waals surface area contributed by atoms with Gasteiger partial charge in [-0.05, 0) is 6.42 Å². The first kappa shape index (κ1) is 14.0. The van der Waals surface area contributed by atoms with Gasteiger partial charge in [0.2, 0.25) is 0 Å². The van der Waals surface area contributed by atoms with Crippen molar-refractivity contribution in [1.82, 2.24) is 4.98 Å². The third-order valence-electron chi connectivity index (χ3n) is 3.22. The van der Waals surface area contributed by atoms with E-state index in [1.54, 1.807) is 7.11 Å². The molecule has 1 aromatic heterocycles. The molecular weight excluding hydrogens is 266 g/mol. The summed E-state index contributed by atoms with van der Waals surface area (Å²) in [6.45, 7) is 1.29. The quantitative estimate of drug-likeness (QED) is 0.267. The molecule has 1 saturated heterocycles. The molecule has 1 aromatic rings. The van der Waals surface area contributed by atoms with Crippen LogP contribution in [0.15, 0.2) is 17.4 Å². The molecule has 20 heavy (non-hydrogen) atoms. The number of rotatable bonds is 4. The summed E-state index contributed by atoms with van der Waals surface area (Å²) >= 11 is 0. The second-order valence-corrected chi connectivity index (χ2v) is 4.40. The molecule has 2 heterocycles. The van der Waals surface area contributed by atoms with Gasteiger partial charge in [0.25, 0.3) is 5.69 Å². The third-order valence-corrected chi connectivity index (χ3v) is 3.22. The van der Waals surface area contributed by atoms with Crippen LogP contribution < -0.4 is 10.6 Å². The number of hydrogen-bond acceptors (Lipinski definition) is 7. The fourth-order valence-corrected chi connectivity index (χ4v) is 2.15. The van der Waals surface area contributed by atoms with Gasteiger partial charge < -0.3 is 20.6 Å².